The highest BCUT2D eigenvalue weighted by Gasteiger charge is 2.51. The van der Waals surface area contributed by atoms with Gasteiger partial charge in [-0.2, -0.15) is 0 Å². The Labute approximate surface area is 168 Å². The third-order valence-corrected chi connectivity index (χ3v) is 7.76. The smallest absolute Gasteiger partial charge is 0.169 e. The van der Waals surface area contributed by atoms with Crippen molar-refractivity contribution in [3.05, 3.63) is 24.3 Å². The summed E-state index contributed by atoms with van der Waals surface area (Å²) >= 11 is 5.88. The van der Waals surface area contributed by atoms with Gasteiger partial charge >= 0.3 is 0 Å². The summed E-state index contributed by atoms with van der Waals surface area (Å²) < 4.78 is 5.54. The third-order valence-electron chi connectivity index (χ3n) is 7.40. The Morgan fingerprint density at radius 1 is 1.00 bits per heavy atom. The Morgan fingerprint density at radius 2 is 1.59 bits per heavy atom. The van der Waals surface area contributed by atoms with Crippen molar-refractivity contribution in [2.75, 3.05) is 38.2 Å². The molecule has 0 aromatic heterocycles. The van der Waals surface area contributed by atoms with E-state index in [0.717, 1.165) is 54.8 Å². The monoisotopic (exact) mass is 385 g/mol. The van der Waals surface area contributed by atoms with E-state index in [9.17, 15) is 0 Å². The number of thiocarbonyl (C=S) groups is 1. The number of hydrogen-bond donors (Lipinski definition) is 1. The van der Waals surface area contributed by atoms with Gasteiger partial charge in [0, 0.05) is 31.7 Å². The van der Waals surface area contributed by atoms with Gasteiger partial charge < -0.3 is 19.9 Å². The predicted molar refractivity (Wildman–Crippen MR) is 113 cm³/mol. The summed E-state index contributed by atoms with van der Waals surface area (Å²) in [4.78, 5) is 4.81. The molecule has 6 rings (SSSR count). The molecule has 1 N–H and O–H groups in total. The van der Waals surface area contributed by atoms with E-state index in [1.807, 2.05) is 12.1 Å². The molecule has 4 saturated carbocycles. The number of hydrogen-bond acceptors (Lipinski definition) is 3. The molecule has 5 fully saturated rings. The van der Waals surface area contributed by atoms with Crippen molar-refractivity contribution in [2.45, 2.75) is 44.1 Å². The van der Waals surface area contributed by atoms with Gasteiger partial charge in [-0.3, -0.25) is 0 Å². The molecule has 0 amide bonds. The van der Waals surface area contributed by atoms with Crippen LogP contribution in [0.4, 0.5) is 5.69 Å². The largest absolute Gasteiger partial charge is 0.495 e. The standard InChI is InChI=1S/C22H31N3OS/c1-26-20-5-3-2-4-19(20)24-6-8-25(9-7-24)21(27)23-22-13-16-10-17(14-22)12-18(11-16)15-22/h2-5,16-18H,6-15H2,1H3,(H,23,27). The minimum Gasteiger partial charge on any atom is -0.495 e. The van der Waals surface area contributed by atoms with E-state index in [2.05, 4.69) is 27.2 Å². The van der Waals surface area contributed by atoms with Crippen LogP contribution < -0.4 is 15.0 Å². The third kappa shape index (κ3) is 3.28. The first-order valence-electron chi connectivity index (χ1n) is 10.6. The number of piperazine rings is 1. The van der Waals surface area contributed by atoms with Crippen LogP contribution in [-0.2, 0) is 0 Å². The molecule has 0 atom stereocenters. The number of nitrogens with one attached hydrogen (secondary N) is 1. The van der Waals surface area contributed by atoms with E-state index in [1.165, 1.54) is 44.2 Å². The highest BCUT2D eigenvalue weighted by molar-refractivity contribution is 7.80. The molecule has 4 aliphatic carbocycles. The first-order valence-corrected chi connectivity index (χ1v) is 11.0. The van der Waals surface area contributed by atoms with Crippen molar-refractivity contribution in [3.63, 3.8) is 0 Å². The number of methoxy groups -OCH3 is 1. The van der Waals surface area contributed by atoms with Crippen molar-refractivity contribution in [1.82, 2.24) is 10.2 Å². The molecule has 1 saturated heterocycles. The minimum atomic E-state index is 0.311. The summed E-state index contributed by atoms with van der Waals surface area (Å²) in [7, 11) is 1.75. The van der Waals surface area contributed by atoms with E-state index < -0.39 is 0 Å². The lowest BCUT2D eigenvalue weighted by atomic mass is 9.53. The van der Waals surface area contributed by atoms with E-state index in [0.29, 0.717) is 5.54 Å². The number of ether oxygens (including phenoxy) is 1. The molecule has 4 bridgehead atoms. The predicted octanol–water partition coefficient (Wildman–Crippen LogP) is 3.66. The molecule has 146 valence electrons. The van der Waals surface area contributed by atoms with Crippen LogP contribution >= 0.6 is 12.2 Å². The molecule has 5 aliphatic rings. The Morgan fingerprint density at radius 3 is 2.19 bits per heavy atom. The average Bonchev–Trinajstić information content (AvgIpc) is 2.66. The Bertz CT molecular complexity index is 678. The quantitative estimate of drug-likeness (QED) is 0.802. The first-order chi connectivity index (χ1) is 13.1. The molecule has 1 aromatic carbocycles. The summed E-state index contributed by atoms with van der Waals surface area (Å²) in [6.45, 7) is 3.94. The van der Waals surface area contributed by atoms with Gasteiger partial charge in [0.2, 0.25) is 0 Å². The second-order valence-electron chi connectivity index (χ2n) is 9.27. The van der Waals surface area contributed by atoms with Gasteiger partial charge in [0.05, 0.1) is 12.8 Å². The van der Waals surface area contributed by atoms with Gasteiger partial charge in [-0.25, -0.2) is 0 Å². The Balaban J connectivity index is 1.21. The summed E-state index contributed by atoms with van der Waals surface area (Å²) in [6.07, 6.45) is 8.47. The zero-order valence-corrected chi connectivity index (χ0v) is 17.1. The van der Waals surface area contributed by atoms with Crippen molar-refractivity contribution in [3.8, 4) is 5.75 Å². The van der Waals surface area contributed by atoms with Crippen LogP contribution in [0.5, 0.6) is 5.75 Å². The van der Waals surface area contributed by atoms with E-state index >= 15 is 0 Å². The van der Waals surface area contributed by atoms with Crippen LogP contribution in [-0.4, -0.2) is 48.8 Å². The maximum Gasteiger partial charge on any atom is 0.169 e. The lowest BCUT2D eigenvalue weighted by Gasteiger charge is -2.57. The molecule has 27 heavy (non-hydrogen) atoms. The zero-order valence-electron chi connectivity index (χ0n) is 16.3. The van der Waals surface area contributed by atoms with Gasteiger partial charge in [-0.1, -0.05) is 12.1 Å². The van der Waals surface area contributed by atoms with Gasteiger partial charge in [0.1, 0.15) is 5.75 Å². The van der Waals surface area contributed by atoms with Crippen molar-refractivity contribution >= 4 is 23.0 Å². The van der Waals surface area contributed by atoms with Crippen LogP contribution in [0.15, 0.2) is 24.3 Å². The normalized spacial score (nSPS) is 34.6. The molecule has 5 heteroatoms. The molecule has 0 radical (unpaired) electrons. The molecule has 4 nitrogen and oxygen atoms in total. The minimum absolute atomic E-state index is 0.311. The topological polar surface area (TPSA) is 27.7 Å². The summed E-state index contributed by atoms with van der Waals surface area (Å²) in [5.74, 6) is 3.82. The van der Waals surface area contributed by atoms with Gasteiger partial charge in [0.25, 0.3) is 0 Å². The Kier molecular flexibility index (Phi) is 4.46. The maximum atomic E-state index is 5.88. The summed E-state index contributed by atoms with van der Waals surface area (Å²) in [5, 5.41) is 4.88. The summed E-state index contributed by atoms with van der Waals surface area (Å²) in [6, 6.07) is 8.31. The highest BCUT2D eigenvalue weighted by atomic mass is 32.1. The van der Waals surface area contributed by atoms with Crippen LogP contribution in [0.2, 0.25) is 0 Å². The van der Waals surface area contributed by atoms with E-state index in [-0.39, 0.29) is 0 Å². The molecule has 1 heterocycles. The second-order valence-corrected chi connectivity index (χ2v) is 9.66. The number of nitrogens with zero attached hydrogens (tertiary/aromatic N) is 2. The van der Waals surface area contributed by atoms with Crippen molar-refractivity contribution in [2.24, 2.45) is 17.8 Å². The first kappa shape index (κ1) is 17.6. The van der Waals surface area contributed by atoms with Crippen molar-refractivity contribution in [1.29, 1.82) is 0 Å². The van der Waals surface area contributed by atoms with Crippen molar-refractivity contribution < 1.29 is 4.74 Å². The highest BCUT2D eigenvalue weighted by Crippen LogP contribution is 2.55. The molecule has 1 aromatic rings. The number of benzene rings is 1. The fourth-order valence-corrected chi connectivity index (χ4v) is 7.01. The van der Waals surface area contributed by atoms with Gasteiger partial charge in [-0.15, -0.1) is 0 Å². The number of para-hydroxylation sites is 2. The lowest BCUT2D eigenvalue weighted by Crippen LogP contribution is -2.63. The van der Waals surface area contributed by atoms with Gasteiger partial charge in [0.15, 0.2) is 5.11 Å². The molecular weight excluding hydrogens is 354 g/mol. The average molecular weight is 386 g/mol. The summed E-state index contributed by atoms with van der Waals surface area (Å²) in [5.41, 5.74) is 1.51. The lowest BCUT2D eigenvalue weighted by molar-refractivity contribution is -0.0112. The van der Waals surface area contributed by atoms with Crippen LogP contribution in [0.3, 0.4) is 0 Å². The molecular formula is C22H31N3OS. The fourth-order valence-electron chi connectivity index (χ4n) is 6.61. The maximum absolute atomic E-state index is 5.88. The van der Waals surface area contributed by atoms with Crippen LogP contribution in [0, 0.1) is 17.8 Å². The molecule has 0 unspecified atom stereocenters. The second kappa shape index (κ2) is 6.84. The van der Waals surface area contributed by atoms with Crippen LogP contribution in [0.1, 0.15) is 38.5 Å². The molecule has 0 spiro atoms. The number of rotatable bonds is 3. The van der Waals surface area contributed by atoms with Crippen LogP contribution in [0.25, 0.3) is 0 Å². The molecule has 1 aliphatic heterocycles. The Hall–Kier alpha value is -1.49. The van der Waals surface area contributed by atoms with E-state index in [1.54, 1.807) is 7.11 Å². The SMILES string of the molecule is COc1ccccc1N1CCN(C(=S)NC23CC4CC(CC(C4)C2)C3)CC1. The zero-order chi connectivity index (χ0) is 18.4. The van der Waals surface area contributed by atoms with E-state index in [4.69, 9.17) is 17.0 Å². The fraction of sp³-hybridized carbons (Fsp3) is 0.682. The van der Waals surface area contributed by atoms with Gasteiger partial charge in [-0.05, 0) is 80.6 Å². The number of anilines is 1.